The molecule has 2 amide bonds. The van der Waals surface area contributed by atoms with E-state index >= 15 is 0 Å². The van der Waals surface area contributed by atoms with Gasteiger partial charge in [0, 0.05) is 31.4 Å². The average Bonchev–Trinajstić information content (AvgIpc) is 3.21. The largest absolute Gasteiger partial charge is 0.494 e. The third-order valence-corrected chi connectivity index (χ3v) is 5.46. The van der Waals surface area contributed by atoms with Gasteiger partial charge in [0.1, 0.15) is 11.4 Å². The third kappa shape index (κ3) is 5.18. The lowest BCUT2D eigenvalue weighted by atomic mass is 10.0. The number of amides is 2. The minimum Gasteiger partial charge on any atom is -0.494 e. The summed E-state index contributed by atoms with van der Waals surface area (Å²) in [5, 5.41) is 17.6. The van der Waals surface area contributed by atoms with Crippen LogP contribution in [0.4, 0.5) is 10.5 Å². The number of ether oxygens (including phenoxy) is 1. The van der Waals surface area contributed by atoms with E-state index in [-0.39, 0.29) is 12.1 Å². The van der Waals surface area contributed by atoms with Crippen molar-refractivity contribution >= 4 is 11.7 Å². The molecule has 9 nitrogen and oxygen atoms in total. The van der Waals surface area contributed by atoms with Crippen LogP contribution < -0.4 is 15.4 Å². The molecule has 9 heteroatoms. The fraction of sp³-hybridized carbons (Fsp3) is 0.364. The monoisotopic (exact) mass is 421 g/mol. The fourth-order valence-electron chi connectivity index (χ4n) is 3.82. The first-order chi connectivity index (χ1) is 15.1. The summed E-state index contributed by atoms with van der Waals surface area (Å²) in [7, 11) is 1.59. The Morgan fingerprint density at radius 3 is 2.61 bits per heavy atom. The zero-order valence-electron chi connectivity index (χ0n) is 17.8. The van der Waals surface area contributed by atoms with E-state index in [9.17, 15) is 4.79 Å². The molecule has 2 heterocycles. The second kappa shape index (κ2) is 9.57. The zero-order valence-corrected chi connectivity index (χ0v) is 17.8. The summed E-state index contributed by atoms with van der Waals surface area (Å²) < 4.78 is 6.98. The smallest absolute Gasteiger partial charge is 0.319 e. The Labute approximate surface area is 181 Å². The maximum atomic E-state index is 12.6. The van der Waals surface area contributed by atoms with Crippen molar-refractivity contribution in [1.82, 2.24) is 30.4 Å². The van der Waals surface area contributed by atoms with Crippen LogP contribution in [0.25, 0.3) is 5.69 Å². The molecule has 4 rings (SSSR count). The number of piperidine rings is 1. The maximum absolute atomic E-state index is 12.6. The van der Waals surface area contributed by atoms with Crippen LogP contribution in [-0.4, -0.2) is 57.4 Å². The highest BCUT2D eigenvalue weighted by atomic mass is 16.5. The maximum Gasteiger partial charge on any atom is 0.319 e. The number of nitrogens with zero attached hydrogens (tertiary/aromatic N) is 5. The third-order valence-electron chi connectivity index (χ3n) is 5.46. The molecule has 0 bridgehead atoms. The van der Waals surface area contributed by atoms with Gasteiger partial charge in [-0.2, -0.15) is 4.68 Å². The van der Waals surface area contributed by atoms with E-state index in [1.165, 1.54) is 5.56 Å². The van der Waals surface area contributed by atoms with Gasteiger partial charge in [-0.05, 0) is 54.0 Å². The number of hydrogen-bond acceptors (Lipinski definition) is 6. The molecule has 0 aliphatic carbocycles. The van der Waals surface area contributed by atoms with Crippen molar-refractivity contribution in [2.45, 2.75) is 32.4 Å². The van der Waals surface area contributed by atoms with E-state index in [2.05, 4.69) is 55.3 Å². The van der Waals surface area contributed by atoms with E-state index in [1.807, 2.05) is 6.07 Å². The number of likely N-dealkylation sites (tertiary alicyclic amines) is 1. The van der Waals surface area contributed by atoms with E-state index in [0.717, 1.165) is 32.5 Å². The van der Waals surface area contributed by atoms with Crippen molar-refractivity contribution < 1.29 is 9.53 Å². The van der Waals surface area contributed by atoms with Gasteiger partial charge in [-0.3, -0.25) is 4.90 Å². The van der Waals surface area contributed by atoms with Gasteiger partial charge in [0.25, 0.3) is 0 Å². The minimum absolute atomic E-state index is 0.159. The summed E-state index contributed by atoms with van der Waals surface area (Å²) in [5.41, 5.74) is 2.63. The van der Waals surface area contributed by atoms with Crippen molar-refractivity contribution in [3.05, 3.63) is 59.9 Å². The number of anilines is 1. The van der Waals surface area contributed by atoms with Gasteiger partial charge in [-0.1, -0.05) is 30.3 Å². The quantitative estimate of drug-likeness (QED) is 0.635. The number of aromatic nitrogens is 4. The van der Waals surface area contributed by atoms with Crippen LogP contribution in [0.3, 0.4) is 0 Å². The Balaban J connectivity index is 1.32. The molecule has 1 fully saturated rings. The number of tetrazole rings is 1. The molecule has 1 aliphatic heterocycles. The lowest BCUT2D eigenvalue weighted by Gasteiger charge is -2.32. The lowest BCUT2D eigenvalue weighted by molar-refractivity contribution is 0.190. The number of hydrogen-bond donors (Lipinski definition) is 2. The van der Waals surface area contributed by atoms with Crippen LogP contribution in [0, 0.1) is 6.92 Å². The molecule has 1 saturated heterocycles. The fourth-order valence-corrected chi connectivity index (χ4v) is 3.82. The van der Waals surface area contributed by atoms with Crippen molar-refractivity contribution in [1.29, 1.82) is 0 Å². The van der Waals surface area contributed by atoms with Crippen molar-refractivity contribution in [3.63, 3.8) is 0 Å². The normalized spacial score (nSPS) is 14.9. The topological polar surface area (TPSA) is 97.2 Å². The first-order valence-electron chi connectivity index (χ1n) is 10.4. The Hall–Kier alpha value is -3.46. The van der Waals surface area contributed by atoms with E-state index in [4.69, 9.17) is 4.74 Å². The zero-order chi connectivity index (χ0) is 21.6. The van der Waals surface area contributed by atoms with Gasteiger partial charge in [-0.25, -0.2) is 4.79 Å². The van der Waals surface area contributed by atoms with Crippen LogP contribution in [-0.2, 0) is 6.54 Å². The van der Waals surface area contributed by atoms with Crippen LogP contribution in [0.1, 0.15) is 24.2 Å². The number of methoxy groups -OCH3 is 1. The molecule has 162 valence electrons. The predicted octanol–water partition coefficient (Wildman–Crippen LogP) is 2.77. The molecular weight excluding hydrogens is 394 g/mol. The van der Waals surface area contributed by atoms with E-state index < -0.39 is 0 Å². The van der Waals surface area contributed by atoms with Gasteiger partial charge in [-0.15, -0.1) is 5.10 Å². The van der Waals surface area contributed by atoms with Crippen LogP contribution in [0.2, 0.25) is 0 Å². The number of rotatable bonds is 6. The van der Waals surface area contributed by atoms with Crippen molar-refractivity contribution in [3.8, 4) is 11.4 Å². The summed E-state index contributed by atoms with van der Waals surface area (Å²) in [6, 6.07) is 15.8. The number of benzene rings is 2. The predicted molar refractivity (Wildman–Crippen MR) is 117 cm³/mol. The Kier molecular flexibility index (Phi) is 6.42. The molecule has 1 aromatic heterocycles. The molecular formula is C22H27N7O2. The summed E-state index contributed by atoms with van der Waals surface area (Å²) >= 11 is 0. The molecule has 2 aromatic carbocycles. The highest BCUT2D eigenvalue weighted by Gasteiger charge is 2.21. The molecule has 0 radical (unpaired) electrons. The van der Waals surface area contributed by atoms with Crippen LogP contribution in [0.15, 0.2) is 48.5 Å². The highest BCUT2D eigenvalue weighted by molar-refractivity contribution is 5.90. The summed E-state index contributed by atoms with van der Waals surface area (Å²) in [6.45, 7) is 4.68. The minimum atomic E-state index is -0.217. The number of aryl methyl sites for hydroxylation is 1. The molecule has 0 atom stereocenters. The van der Waals surface area contributed by atoms with Gasteiger partial charge >= 0.3 is 6.03 Å². The summed E-state index contributed by atoms with van der Waals surface area (Å²) in [6.07, 6.45) is 1.86. The molecule has 2 N–H and O–H groups in total. The van der Waals surface area contributed by atoms with Gasteiger partial charge < -0.3 is 15.4 Å². The molecule has 31 heavy (non-hydrogen) atoms. The molecule has 0 unspecified atom stereocenters. The summed E-state index contributed by atoms with van der Waals surface area (Å²) in [5.74, 6) is 1.24. The van der Waals surface area contributed by atoms with E-state index in [0.29, 0.717) is 22.9 Å². The van der Waals surface area contributed by atoms with Crippen molar-refractivity contribution in [2.24, 2.45) is 0 Å². The first kappa shape index (κ1) is 20.8. The lowest BCUT2D eigenvalue weighted by Crippen LogP contribution is -2.45. The number of carbonyl (C=O) groups is 1. The van der Waals surface area contributed by atoms with Gasteiger partial charge in [0.15, 0.2) is 5.82 Å². The molecule has 0 saturated carbocycles. The Bertz CT molecular complexity index is 1010. The van der Waals surface area contributed by atoms with Crippen molar-refractivity contribution in [2.75, 3.05) is 25.5 Å². The second-order valence-corrected chi connectivity index (χ2v) is 7.66. The first-order valence-corrected chi connectivity index (χ1v) is 10.4. The standard InChI is InChI=1S/C22H27N7O2/c1-16-25-26-27-29(16)20-14-19(8-9-21(20)31-2)24-22(30)23-18-10-12-28(13-11-18)15-17-6-4-3-5-7-17/h3-9,14,18H,10-13,15H2,1-2H3,(H2,23,24,30). The number of carbonyl (C=O) groups excluding carboxylic acids is 1. The molecule has 3 aromatic rings. The summed E-state index contributed by atoms with van der Waals surface area (Å²) in [4.78, 5) is 15.0. The van der Waals surface area contributed by atoms with Crippen LogP contribution >= 0.6 is 0 Å². The Morgan fingerprint density at radius 1 is 1.16 bits per heavy atom. The second-order valence-electron chi connectivity index (χ2n) is 7.66. The van der Waals surface area contributed by atoms with Gasteiger partial charge in [0.2, 0.25) is 0 Å². The van der Waals surface area contributed by atoms with E-state index in [1.54, 1.807) is 36.9 Å². The SMILES string of the molecule is COc1ccc(NC(=O)NC2CCN(Cc3ccccc3)CC2)cc1-n1nnnc1C. The number of urea groups is 1. The van der Waals surface area contributed by atoms with Gasteiger partial charge in [0.05, 0.1) is 7.11 Å². The highest BCUT2D eigenvalue weighted by Crippen LogP contribution is 2.26. The van der Waals surface area contributed by atoms with Crippen LogP contribution in [0.5, 0.6) is 5.75 Å². The Morgan fingerprint density at radius 2 is 1.94 bits per heavy atom. The molecule has 1 aliphatic rings. The molecule has 0 spiro atoms. The number of nitrogens with one attached hydrogen (secondary N) is 2. The average molecular weight is 422 g/mol.